The van der Waals surface area contributed by atoms with Gasteiger partial charge in [-0.2, -0.15) is 15.5 Å². The van der Waals surface area contributed by atoms with E-state index in [0.29, 0.717) is 33.8 Å². The van der Waals surface area contributed by atoms with Crippen molar-refractivity contribution in [3.8, 4) is 12.1 Å². The summed E-state index contributed by atoms with van der Waals surface area (Å²) in [5.74, 6) is 0.717. The molecule has 1 aromatic heterocycles. The molecule has 1 heterocycles. The van der Waals surface area contributed by atoms with Gasteiger partial charge in [0.05, 0.1) is 33.4 Å². The monoisotopic (exact) mass is 432 g/mol. The Bertz CT molecular complexity index is 1100. The number of nitrogens with two attached hydrogens (primary N) is 1. The number of benzene rings is 2. The van der Waals surface area contributed by atoms with Crippen LogP contribution < -0.4 is 11.1 Å². The van der Waals surface area contributed by atoms with Crippen LogP contribution in [0.1, 0.15) is 33.5 Å². The minimum absolute atomic E-state index is 0.338. The van der Waals surface area contributed by atoms with Gasteiger partial charge in [0.2, 0.25) is 5.95 Å². The molecule has 0 spiro atoms. The Balaban J connectivity index is 1.94. The van der Waals surface area contributed by atoms with Crippen molar-refractivity contribution in [2.75, 3.05) is 11.1 Å². The number of anilines is 3. The average molecular weight is 433 g/mol. The summed E-state index contributed by atoms with van der Waals surface area (Å²) < 4.78 is 0.654. The smallest absolute Gasteiger partial charge is 0.229 e. The Morgan fingerprint density at radius 2 is 1.61 bits per heavy atom. The molecule has 0 saturated carbocycles. The Kier molecular flexibility index (Phi) is 5.58. The molecule has 0 atom stereocenters. The van der Waals surface area contributed by atoms with E-state index in [1.54, 1.807) is 24.3 Å². The lowest BCUT2D eigenvalue weighted by Gasteiger charge is -2.14. The summed E-state index contributed by atoms with van der Waals surface area (Å²) in [6.07, 6.45) is 0.554. The van der Waals surface area contributed by atoms with Crippen molar-refractivity contribution in [3.05, 3.63) is 74.4 Å². The lowest BCUT2D eigenvalue weighted by Crippen LogP contribution is -2.07. The van der Waals surface area contributed by atoms with Crippen LogP contribution in [-0.4, -0.2) is 9.97 Å². The number of aryl methyl sites for hydroxylation is 2. The van der Waals surface area contributed by atoms with Gasteiger partial charge in [0.15, 0.2) is 0 Å². The van der Waals surface area contributed by atoms with E-state index < -0.39 is 0 Å². The molecule has 0 radical (unpaired) electrons. The summed E-state index contributed by atoms with van der Waals surface area (Å²) in [7, 11) is 0. The molecule has 3 aromatic rings. The second-order valence-corrected chi connectivity index (χ2v) is 7.18. The molecule has 0 fully saturated rings. The summed E-state index contributed by atoms with van der Waals surface area (Å²) in [6, 6.07) is 15.0. The maximum absolute atomic E-state index is 9.14. The van der Waals surface area contributed by atoms with Crippen LogP contribution in [0.3, 0.4) is 0 Å². The van der Waals surface area contributed by atoms with Gasteiger partial charge in [0.1, 0.15) is 5.82 Å². The van der Waals surface area contributed by atoms with Crippen LogP contribution in [0.2, 0.25) is 0 Å². The van der Waals surface area contributed by atoms with Crippen LogP contribution in [0.4, 0.5) is 17.5 Å². The highest BCUT2D eigenvalue weighted by Gasteiger charge is 2.14. The number of aromatic nitrogens is 2. The Morgan fingerprint density at radius 3 is 2.18 bits per heavy atom. The maximum atomic E-state index is 9.14. The Morgan fingerprint density at radius 1 is 1.00 bits per heavy atom. The fourth-order valence-corrected chi connectivity index (χ4v) is 3.26. The molecule has 0 aliphatic carbocycles. The Labute approximate surface area is 171 Å². The van der Waals surface area contributed by atoms with Crippen molar-refractivity contribution in [2.45, 2.75) is 20.3 Å². The summed E-state index contributed by atoms with van der Waals surface area (Å²) in [5.41, 5.74) is 12.0. The molecule has 2 aromatic carbocycles. The highest BCUT2D eigenvalue weighted by molar-refractivity contribution is 9.10. The molecule has 0 aliphatic heterocycles. The zero-order valence-corrected chi connectivity index (χ0v) is 17.0. The molecule has 0 saturated heterocycles. The molecule has 3 N–H and O–H groups in total. The molecule has 138 valence electrons. The summed E-state index contributed by atoms with van der Waals surface area (Å²) in [4.78, 5) is 8.90. The topological polar surface area (TPSA) is 111 Å². The van der Waals surface area contributed by atoms with E-state index in [4.69, 9.17) is 16.3 Å². The van der Waals surface area contributed by atoms with E-state index in [9.17, 15) is 0 Å². The van der Waals surface area contributed by atoms with Gasteiger partial charge in [0, 0.05) is 12.1 Å². The number of nitriles is 2. The lowest BCUT2D eigenvalue weighted by atomic mass is 9.96. The number of nitrogen functional groups attached to an aromatic ring is 1. The fourth-order valence-electron chi connectivity index (χ4n) is 2.95. The van der Waals surface area contributed by atoms with Crippen LogP contribution >= 0.6 is 15.9 Å². The minimum atomic E-state index is 0.338. The van der Waals surface area contributed by atoms with Crippen LogP contribution in [0.15, 0.2) is 40.9 Å². The average Bonchev–Trinajstić information content (AvgIpc) is 2.68. The minimum Gasteiger partial charge on any atom is -0.383 e. The molecule has 28 heavy (non-hydrogen) atoms. The predicted octanol–water partition coefficient (Wildman–Crippen LogP) is 4.52. The number of hydrogen-bond donors (Lipinski definition) is 2. The lowest BCUT2D eigenvalue weighted by molar-refractivity contribution is 1.00. The first-order valence-corrected chi connectivity index (χ1v) is 9.30. The molecule has 6 nitrogen and oxygen atoms in total. The quantitative estimate of drug-likeness (QED) is 0.626. The van der Waals surface area contributed by atoms with Gasteiger partial charge >= 0.3 is 0 Å². The fraction of sp³-hybridized carbons (Fsp3) is 0.143. The van der Waals surface area contributed by atoms with Gasteiger partial charge in [0.25, 0.3) is 0 Å². The largest absolute Gasteiger partial charge is 0.383 e. The van der Waals surface area contributed by atoms with Crippen molar-refractivity contribution in [1.29, 1.82) is 10.5 Å². The molecule has 3 rings (SSSR count). The van der Waals surface area contributed by atoms with Crippen LogP contribution in [0, 0.1) is 36.5 Å². The molecule has 0 aliphatic rings. The third kappa shape index (κ3) is 4.11. The highest BCUT2D eigenvalue weighted by Crippen LogP contribution is 2.28. The van der Waals surface area contributed by atoms with Gasteiger partial charge in [-0.1, -0.05) is 0 Å². The van der Waals surface area contributed by atoms with E-state index in [0.717, 1.165) is 28.1 Å². The second kappa shape index (κ2) is 8.08. The van der Waals surface area contributed by atoms with E-state index in [1.165, 1.54) is 0 Å². The number of hydrogen-bond acceptors (Lipinski definition) is 6. The number of nitrogens with zero attached hydrogens (tertiary/aromatic N) is 4. The van der Waals surface area contributed by atoms with Crippen molar-refractivity contribution in [3.63, 3.8) is 0 Å². The molecular weight excluding hydrogens is 416 g/mol. The van der Waals surface area contributed by atoms with Crippen LogP contribution in [-0.2, 0) is 6.42 Å². The van der Waals surface area contributed by atoms with E-state index in [1.807, 2.05) is 26.0 Å². The number of halogens is 1. The van der Waals surface area contributed by atoms with Gasteiger partial charge < -0.3 is 11.1 Å². The first-order chi connectivity index (χ1) is 13.4. The summed E-state index contributed by atoms with van der Waals surface area (Å²) in [6.45, 7) is 3.97. The summed E-state index contributed by atoms with van der Waals surface area (Å²) >= 11 is 3.49. The van der Waals surface area contributed by atoms with Gasteiger partial charge in [-0.25, -0.2) is 4.98 Å². The molecular formula is C21H17BrN6. The highest BCUT2D eigenvalue weighted by atomic mass is 79.9. The molecule has 0 unspecified atom stereocenters. The van der Waals surface area contributed by atoms with Crippen molar-refractivity contribution in [2.24, 2.45) is 0 Å². The number of nitrogens with one attached hydrogen (secondary N) is 1. The van der Waals surface area contributed by atoms with Crippen molar-refractivity contribution < 1.29 is 0 Å². The molecule has 0 amide bonds. The molecule has 0 bridgehead atoms. The van der Waals surface area contributed by atoms with Gasteiger partial charge in [-0.05, 0) is 82.9 Å². The molecule has 7 heteroatoms. The van der Waals surface area contributed by atoms with E-state index >= 15 is 0 Å². The third-order valence-electron chi connectivity index (χ3n) is 4.38. The zero-order chi connectivity index (χ0) is 20.3. The van der Waals surface area contributed by atoms with Crippen molar-refractivity contribution >= 4 is 33.4 Å². The number of rotatable bonds is 4. The normalized spacial score (nSPS) is 10.2. The standard InChI is InChI=1S/C21H17BrN6/c1-12-7-15(11-24)8-13(2)17(12)9-18-19(22)20(25)28-21(27-18)26-16-5-3-14(10-23)4-6-16/h3-8H,9H2,1-2H3,(H3,25,26,27,28). The van der Waals surface area contributed by atoms with Gasteiger partial charge in [-0.3, -0.25) is 0 Å². The first kappa shape index (κ1) is 19.3. The van der Waals surface area contributed by atoms with E-state index in [2.05, 4.69) is 43.4 Å². The van der Waals surface area contributed by atoms with Crippen molar-refractivity contribution in [1.82, 2.24) is 9.97 Å². The maximum Gasteiger partial charge on any atom is 0.229 e. The zero-order valence-electron chi connectivity index (χ0n) is 15.4. The SMILES string of the molecule is Cc1cc(C#N)cc(C)c1Cc1nc(Nc2ccc(C#N)cc2)nc(N)c1Br. The van der Waals surface area contributed by atoms with E-state index in [-0.39, 0.29) is 0 Å². The predicted molar refractivity (Wildman–Crippen MR) is 112 cm³/mol. The summed E-state index contributed by atoms with van der Waals surface area (Å²) in [5, 5.41) is 21.2. The Hall–Kier alpha value is -3.42. The first-order valence-electron chi connectivity index (χ1n) is 8.50. The third-order valence-corrected chi connectivity index (χ3v) is 5.25. The van der Waals surface area contributed by atoms with Crippen LogP contribution in [0.25, 0.3) is 0 Å². The van der Waals surface area contributed by atoms with Crippen LogP contribution in [0.5, 0.6) is 0 Å². The van der Waals surface area contributed by atoms with Gasteiger partial charge in [-0.15, -0.1) is 0 Å². The second-order valence-electron chi connectivity index (χ2n) is 6.38.